The van der Waals surface area contributed by atoms with Gasteiger partial charge in [0, 0.05) is 23.6 Å². The van der Waals surface area contributed by atoms with Crippen molar-refractivity contribution in [3.8, 4) is 0 Å². The number of rotatable bonds is 7. The van der Waals surface area contributed by atoms with Crippen molar-refractivity contribution in [2.24, 2.45) is 5.92 Å². The lowest BCUT2D eigenvalue weighted by molar-refractivity contribution is -0.386. The van der Waals surface area contributed by atoms with E-state index in [1.54, 1.807) is 30.7 Å². The lowest BCUT2D eigenvalue weighted by Gasteiger charge is -2.29. The first-order chi connectivity index (χ1) is 15.2. The van der Waals surface area contributed by atoms with Gasteiger partial charge in [-0.2, -0.15) is 5.10 Å². The molecule has 0 saturated heterocycles. The fourth-order valence-electron chi connectivity index (χ4n) is 4.27. The normalized spacial score (nSPS) is 18.4. The smallest absolute Gasteiger partial charge is 0.312 e. The van der Waals surface area contributed by atoms with Crippen LogP contribution in [-0.2, 0) is 11.3 Å². The summed E-state index contributed by atoms with van der Waals surface area (Å²) in [4.78, 5) is 35.8. The SMILES string of the molecule is Cc1nn(Cc2ccc(C(=O)NC3CCCC(C(=O)NC(C)C)C3)cc2)c(C)c1[N+](=O)[O-]. The van der Waals surface area contributed by atoms with Gasteiger partial charge in [-0.3, -0.25) is 24.4 Å². The second-order valence-electron chi connectivity index (χ2n) is 8.83. The summed E-state index contributed by atoms with van der Waals surface area (Å²) in [7, 11) is 0. The second kappa shape index (κ2) is 9.93. The molecule has 0 aliphatic heterocycles. The largest absolute Gasteiger partial charge is 0.354 e. The molecule has 2 aromatic rings. The van der Waals surface area contributed by atoms with Crippen molar-refractivity contribution in [2.45, 2.75) is 72.0 Å². The molecule has 0 spiro atoms. The molecule has 2 atom stereocenters. The first kappa shape index (κ1) is 23.4. The quantitative estimate of drug-likeness (QED) is 0.505. The fourth-order valence-corrected chi connectivity index (χ4v) is 4.27. The Morgan fingerprint density at radius 2 is 1.91 bits per heavy atom. The highest BCUT2D eigenvalue weighted by molar-refractivity contribution is 5.94. The molecular weight excluding hydrogens is 410 g/mol. The van der Waals surface area contributed by atoms with Gasteiger partial charge in [0.1, 0.15) is 11.4 Å². The summed E-state index contributed by atoms with van der Waals surface area (Å²) in [5, 5.41) is 21.5. The number of hydrogen-bond acceptors (Lipinski definition) is 5. The maximum absolute atomic E-state index is 12.7. The van der Waals surface area contributed by atoms with Gasteiger partial charge in [-0.1, -0.05) is 18.6 Å². The van der Waals surface area contributed by atoms with Gasteiger partial charge in [0.05, 0.1) is 11.5 Å². The zero-order valence-corrected chi connectivity index (χ0v) is 19.1. The number of carbonyl (C=O) groups is 2. The van der Waals surface area contributed by atoms with Gasteiger partial charge in [0.25, 0.3) is 5.91 Å². The minimum absolute atomic E-state index is 0.0194. The van der Waals surface area contributed by atoms with Crippen LogP contribution in [0.2, 0.25) is 0 Å². The Bertz CT molecular complexity index is 997. The van der Waals surface area contributed by atoms with E-state index in [1.807, 2.05) is 26.0 Å². The molecule has 9 heteroatoms. The van der Waals surface area contributed by atoms with E-state index in [4.69, 9.17) is 0 Å². The maximum atomic E-state index is 12.7. The van der Waals surface area contributed by atoms with Gasteiger partial charge in [-0.25, -0.2) is 0 Å². The van der Waals surface area contributed by atoms with Crippen LogP contribution in [0.4, 0.5) is 5.69 Å². The summed E-state index contributed by atoms with van der Waals surface area (Å²) in [5.41, 5.74) is 2.36. The van der Waals surface area contributed by atoms with Crippen molar-refractivity contribution in [1.82, 2.24) is 20.4 Å². The minimum atomic E-state index is -0.413. The van der Waals surface area contributed by atoms with Crippen molar-refractivity contribution in [2.75, 3.05) is 0 Å². The summed E-state index contributed by atoms with van der Waals surface area (Å²) < 4.78 is 1.60. The summed E-state index contributed by atoms with van der Waals surface area (Å²) in [6, 6.07) is 7.24. The van der Waals surface area contributed by atoms with Crippen molar-refractivity contribution in [1.29, 1.82) is 0 Å². The van der Waals surface area contributed by atoms with Crippen LogP contribution >= 0.6 is 0 Å². The van der Waals surface area contributed by atoms with Crippen LogP contribution in [0.15, 0.2) is 24.3 Å². The molecule has 9 nitrogen and oxygen atoms in total. The average molecular weight is 442 g/mol. The molecule has 0 radical (unpaired) electrons. The monoisotopic (exact) mass is 441 g/mol. The molecule has 2 unspecified atom stereocenters. The van der Waals surface area contributed by atoms with E-state index >= 15 is 0 Å². The molecule has 1 saturated carbocycles. The van der Waals surface area contributed by atoms with E-state index in [2.05, 4.69) is 15.7 Å². The van der Waals surface area contributed by atoms with Gasteiger partial charge < -0.3 is 10.6 Å². The van der Waals surface area contributed by atoms with Crippen LogP contribution in [-0.4, -0.2) is 38.6 Å². The van der Waals surface area contributed by atoms with Crippen molar-refractivity contribution in [3.63, 3.8) is 0 Å². The zero-order chi connectivity index (χ0) is 23.4. The first-order valence-electron chi connectivity index (χ1n) is 11.0. The average Bonchev–Trinajstić information content (AvgIpc) is 3.01. The van der Waals surface area contributed by atoms with Crippen LogP contribution in [0.5, 0.6) is 0 Å². The third kappa shape index (κ3) is 5.52. The molecular formula is C23H31N5O4. The summed E-state index contributed by atoms with van der Waals surface area (Å²) in [5.74, 6) is -0.162. The highest BCUT2D eigenvalue weighted by Crippen LogP contribution is 2.25. The molecule has 1 aliphatic carbocycles. The van der Waals surface area contributed by atoms with Crippen LogP contribution < -0.4 is 10.6 Å². The zero-order valence-electron chi connectivity index (χ0n) is 19.1. The number of carbonyl (C=O) groups excluding carboxylic acids is 2. The molecule has 1 aliphatic rings. The minimum Gasteiger partial charge on any atom is -0.354 e. The molecule has 1 aromatic carbocycles. The molecule has 2 N–H and O–H groups in total. The Morgan fingerprint density at radius 1 is 1.22 bits per heavy atom. The Balaban J connectivity index is 1.60. The molecule has 32 heavy (non-hydrogen) atoms. The molecule has 2 amide bonds. The van der Waals surface area contributed by atoms with Gasteiger partial charge in [-0.15, -0.1) is 0 Å². The standard InChI is InChI=1S/C23H31N5O4/c1-14(2)24-23(30)19-6-5-7-20(12-19)25-22(29)18-10-8-17(9-11-18)13-27-16(4)21(28(31)32)15(3)26-27/h8-11,14,19-20H,5-7,12-13H2,1-4H3,(H,24,30)(H,25,29). The van der Waals surface area contributed by atoms with Gasteiger partial charge in [0.2, 0.25) is 5.91 Å². The van der Waals surface area contributed by atoms with E-state index in [0.29, 0.717) is 29.9 Å². The van der Waals surface area contributed by atoms with Crippen LogP contribution in [0, 0.1) is 29.9 Å². The number of amides is 2. The molecule has 0 bridgehead atoms. The lowest BCUT2D eigenvalue weighted by atomic mass is 9.85. The Hall–Kier alpha value is -3.23. The summed E-state index contributed by atoms with van der Waals surface area (Å²) in [6.45, 7) is 7.58. The third-order valence-electron chi connectivity index (χ3n) is 5.89. The van der Waals surface area contributed by atoms with E-state index in [1.165, 1.54) is 0 Å². The Kier molecular flexibility index (Phi) is 7.27. The highest BCUT2D eigenvalue weighted by Gasteiger charge is 2.28. The van der Waals surface area contributed by atoms with Gasteiger partial charge in [0.15, 0.2) is 0 Å². The molecule has 1 heterocycles. The maximum Gasteiger partial charge on any atom is 0.312 e. The van der Waals surface area contributed by atoms with E-state index < -0.39 is 4.92 Å². The fraction of sp³-hybridized carbons (Fsp3) is 0.522. The van der Waals surface area contributed by atoms with Crippen molar-refractivity contribution in [3.05, 3.63) is 56.9 Å². The van der Waals surface area contributed by atoms with Crippen LogP contribution in [0.25, 0.3) is 0 Å². The number of benzene rings is 1. The number of hydrogen-bond donors (Lipinski definition) is 2. The van der Waals surface area contributed by atoms with Crippen molar-refractivity contribution < 1.29 is 14.5 Å². The topological polar surface area (TPSA) is 119 Å². The lowest BCUT2D eigenvalue weighted by Crippen LogP contribution is -2.43. The molecule has 172 valence electrons. The van der Waals surface area contributed by atoms with Crippen LogP contribution in [0.1, 0.15) is 66.8 Å². The number of aromatic nitrogens is 2. The number of nitrogens with one attached hydrogen (secondary N) is 2. The first-order valence-corrected chi connectivity index (χ1v) is 11.0. The number of nitrogens with zero attached hydrogens (tertiary/aromatic N) is 3. The number of nitro groups is 1. The third-order valence-corrected chi connectivity index (χ3v) is 5.89. The highest BCUT2D eigenvalue weighted by atomic mass is 16.6. The Morgan fingerprint density at radius 3 is 2.50 bits per heavy atom. The van der Waals surface area contributed by atoms with Crippen LogP contribution in [0.3, 0.4) is 0 Å². The molecule has 1 fully saturated rings. The summed E-state index contributed by atoms with van der Waals surface area (Å²) >= 11 is 0. The molecule has 1 aromatic heterocycles. The number of aryl methyl sites for hydroxylation is 1. The second-order valence-corrected chi connectivity index (χ2v) is 8.83. The van der Waals surface area contributed by atoms with Crippen molar-refractivity contribution >= 4 is 17.5 Å². The van der Waals surface area contributed by atoms with E-state index in [9.17, 15) is 19.7 Å². The predicted molar refractivity (Wildman–Crippen MR) is 120 cm³/mol. The van der Waals surface area contributed by atoms with Gasteiger partial charge in [-0.05, 0) is 64.7 Å². The summed E-state index contributed by atoms with van der Waals surface area (Å²) in [6.07, 6.45) is 3.28. The van der Waals surface area contributed by atoms with E-state index in [-0.39, 0.29) is 35.5 Å². The predicted octanol–water partition coefficient (Wildman–Crippen LogP) is 3.27. The van der Waals surface area contributed by atoms with Gasteiger partial charge >= 0.3 is 5.69 Å². The Labute approximate surface area is 187 Å². The molecule has 3 rings (SSSR count). The van der Waals surface area contributed by atoms with E-state index in [0.717, 1.165) is 24.8 Å².